The average molecular weight is 258 g/mol. The maximum absolute atomic E-state index is 13.2. The molecule has 1 aliphatic heterocycles. The van der Waals surface area contributed by atoms with Crippen LogP contribution in [0.25, 0.3) is 0 Å². The minimum Gasteiger partial charge on any atom is -0.370 e. The molecule has 2 rings (SSSR count). The predicted molar refractivity (Wildman–Crippen MR) is 65.2 cm³/mol. The number of halogens is 3. The number of anilines is 1. The zero-order valence-corrected chi connectivity index (χ0v) is 10.3. The molecule has 2 nitrogen and oxygen atoms in total. The van der Waals surface area contributed by atoms with Crippen molar-refractivity contribution in [3.05, 3.63) is 29.6 Å². The van der Waals surface area contributed by atoms with Crippen molar-refractivity contribution in [2.45, 2.75) is 25.8 Å². The zero-order valence-electron chi connectivity index (χ0n) is 10.3. The van der Waals surface area contributed by atoms with Crippen LogP contribution in [-0.4, -0.2) is 25.7 Å². The van der Waals surface area contributed by atoms with E-state index in [4.69, 9.17) is 0 Å². The fraction of sp³-hybridized carbons (Fsp3) is 0.538. The zero-order chi connectivity index (χ0) is 13.1. The van der Waals surface area contributed by atoms with Crippen LogP contribution in [-0.2, 0) is 0 Å². The highest BCUT2D eigenvalue weighted by atomic mass is 19.2. The first-order valence-corrected chi connectivity index (χ1v) is 6.24. The van der Waals surface area contributed by atoms with Crippen LogP contribution >= 0.6 is 0 Å². The molecule has 0 aliphatic carbocycles. The van der Waals surface area contributed by atoms with Gasteiger partial charge in [0.25, 0.3) is 0 Å². The number of piperidine rings is 1. The lowest BCUT2D eigenvalue weighted by Crippen LogP contribution is -2.45. The Morgan fingerprint density at radius 2 is 1.94 bits per heavy atom. The molecule has 0 bridgehead atoms. The number of hydrogen-bond donors (Lipinski definition) is 1. The molecule has 18 heavy (non-hydrogen) atoms. The first-order valence-electron chi connectivity index (χ1n) is 6.24. The van der Waals surface area contributed by atoms with Crippen molar-refractivity contribution < 1.29 is 13.2 Å². The van der Waals surface area contributed by atoms with Gasteiger partial charge < -0.3 is 10.2 Å². The number of likely N-dealkylation sites (N-methyl/N-ethyl adjacent to an activating group) is 1. The lowest BCUT2D eigenvalue weighted by Gasteiger charge is -2.34. The molecule has 0 spiro atoms. The van der Waals surface area contributed by atoms with Gasteiger partial charge in [0.2, 0.25) is 0 Å². The summed E-state index contributed by atoms with van der Waals surface area (Å²) in [5.41, 5.74) is 0.411. The van der Waals surface area contributed by atoms with Crippen molar-refractivity contribution in [2.75, 3.05) is 24.5 Å². The minimum atomic E-state index is -1.40. The van der Waals surface area contributed by atoms with Gasteiger partial charge in [0.15, 0.2) is 17.5 Å². The maximum atomic E-state index is 13.2. The van der Waals surface area contributed by atoms with Crippen molar-refractivity contribution >= 4 is 5.69 Å². The quantitative estimate of drug-likeness (QED) is 0.839. The monoisotopic (exact) mass is 258 g/mol. The van der Waals surface area contributed by atoms with E-state index in [1.165, 1.54) is 0 Å². The third-order valence-electron chi connectivity index (χ3n) is 3.25. The van der Waals surface area contributed by atoms with E-state index in [2.05, 4.69) is 5.32 Å². The van der Waals surface area contributed by atoms with E-state index in [0.29, 0.717) is 18.3 Å². The molecule has 100 valence electrons. The molecule has 0 radical (unpaired) electrons. The third kappa shape index (κ3) is 2.77. The van der Waals surface area contributed by atoms with E-state index in [1.54, 1.807) is 0 Å². The van der Waals surface area contributed by atoms with Gasteiger partial charge in [-0.2, -0.15) is 0 Å². The average Bonchev–Trinajstić information content (AvgIpc) is 2.36. The summed E-state index contributed by atoms with van der Waals surface area (Å²) in [4.78, 5) is 1.89. The second-order valence-corrected chi connectivity index (χ2v) is 4.57. The molecule has 1 atom stereocenters. The van der Waals surface area contributed by atoms with Crippen LogP contribution in [0.2, 0.25) is 0 Å². The van der Waals surface area contributed by atoms with E-state index < -0.39 is 17.5 Å². The summed E-state index contributed by atoms with van der Waals surface area (Å²) < 4.78 is 39.3. The molecule has 1 unspecified atom stereocenters. The first kappa shape index (κ1) is 13.2. The van der Waals surface area contributed by atoms with E-state index in [1.807, 2.05) is 11.8 Å². The lowest BCUT2D eigenvalue weighted by atomic mass is 10.0. The normalized spacial score (nSPS) is 20.2. The smallest absolute Gasteiger partial charge is 0.194 e. The molecule has 1 heterocycles. The molecule has 0 aromatic heterocycles. The standard InChI is InChI=1S/C13H17F3N2/c1-2-17-9-4-3-5-18(8-9)10-6-11(14)13(16)12(15)7-10/h6-7,9,17H,2-5,8H2,1H3. The molecule has 1 saturated heterocycles. The molecule has 1 aliphatic rings. The Hall–Kier alpha value is -1.23. The molecular formula is C13H17F3N2. The second kappa shape index (κ2) is 5.61. The molecule has 1 N–H and O–H groups in total. The van der Waals surface area contributed by atoms with E-state index in [9.17, 15) is 13.2 Å². The molecular weight excluding hydrogens is 241 g/mol. The number of nitrogens with zero attached hydrogens (tertiary/aromatic N) is 1. The Bertz CT molecular complexity index is 398. The van der Waals surface area contributed by atoms with Crippen LogP contribution in [0.15, 0.2) is 12.1 Å². The Balaban J connectivity index is 2.15. The highest BCUT2D eigenvalue weighted by Gasteiger charge is 2.21. The van der Waals surface area contributed by atoms with Crippen molar-refractivity contribution in [1.82, 2.24) is 5.32 Å². The van der Waals surface area contributed by atoms with Crippen molar-refractivity contribution in [3.8, 4) is 0 Å². The van der Waals surface area contributed by atoms with E-state index in [0.717, 1.165) is 38.1 Å². The Kier molecular flexibility index (Phi) is 4.11. The van der Waals surface area contributed by atoms with Crippen LogP contribution in [0.3, 0.4) is 0 Å². The highest BCUT2D eigenvalue weighted by molar-refractivity contribution is 5.47. The SMILES string of the molecule is CCNC1CCCN(c2cc(F)c(F)c(F)c2)C1. The van der Waals surface area contributed by atoms with Gasteiger partial charge in [-0.15, -0.1) is 0 Å². The number of benzene rings is 1. The Morgan fingerprint density at radius 3 is 2.56 bits per heavy atom. The molecule has 0 amide bonds. The van der Waals surface area contributed by atoms with Crippen LogP contribution in [0, 0.1) is 17.5 Å². The van der Waals surface area contributed by atoms with Crippen molar-refractivity contribution in [2.24, 2.45) is 0 Å². The summed E-state index contributed by atoms with van der Waals surface area (Å²) in [6.45, 7) is 4.32. The third-order valence-corrected chi connectivity index (χ3v) is 3.25. The summed E-state index contributed by atoms with van der Waals surface area (Å²) in [6, 6.07) is 2.44. The number of hydrogen-bond acceptors (Lipinski definition) is 2. The van der Waals surface area contributed by atoms with E-state index in [-0.39, 0.29) is 0 Å². The summed E-state index contributed by atoms with van der Waals surface area (Å²) >= 11 is 0. The molecule has 1 aromatic rings. The van der Waals surface area contributed by atoms with Gasteiger partial charge in [-0.1, -0.05) is 6.92 Å². The van der Waals surface area contributed by atoms with Gasteiger partial charge in [0.1, 0.15) is 0 Å². The van der Waals surface area contributed by atoms with Crippen LogP contribution in [0.5, 0.6) is 0 Å². The summed E-state index contributed by atoms with van der Waals surface area (Å²) in [5, 5.41) is 3.32. The van der Waals surface area contributed by atoms with Gasteiger partial charge in [-0.25, -0.2) is 13.2 Å². The fourth-order valence-electron chi connectivity index (χ4n) is 2.39. The summed E-state index contributed by atoms with van der Waals surface area (Å²) in [7, 11) is 0. The van der Waals surface area contributed by atoms with Crippen LogP contribution in [0.4, 0.5) is 18.9 Å². The van der Waals surface area contributed by atoms with Gasteiger partial charge in [0, 0.05) is 37.0 Å². The topological polar surface area (TPSA) is 15.3 Å². The summed E-state index contributed by atoms with van der Waals surface area (Å²) in [6.07, 6.45) is 2.01. The van der Waals surface area contributed by atoms with Gasteiger partial charge in [-0.05, 0) is 19.4 Å². The predicted octanol–water partition coefficient (Wildman–Crippen LogP) is 2.68. The van der Waals surface area contributed by atoms with Gasteiger partial charge >= 0.3 is 0 Å². The molecule has 1 aromatic carbocycles. The molecule has 0 saturated carbocycles. The Labute approximate surface area is 105 Å². The first-order chi connectivity index (χ1) is 8.61. The second-order valence-electron chi connectivity index (χ2n) is 4.57. The van der Waals surface area contributed by atoms with Crippen LogP contribution < -0.4 is 10.2 Å². The van der Waals surface area contributed by atoms with E-state index >= 15 is 0 Å². The maximum Gasteiger partial charge on any atom is 0.194 e. The van der Waals surface area contributed by atoms with Crippen molar-refractivity contribution in [1.29, 1.82) is 0 Å². The number of rotatable bonds is 3. The highest BCUT2D eigenvalue weighted by Crippen LogP contribution is 2.24. The van der Waals surface area contributed by atoms with Gasteiger partial charge in [-0.3, -0.25) is 0 Å². The summed E-state index contributed by atoms with van der Waals surface area (Å²) in [5.74, 6) is -3.66. The fourth-order valence-corrected chi connectivity index (χ4v) is 2.39. The minimum absolute atomic E-state index is 0.319. The van der Waals surface area contributed by atoms with Crippen LogP contribution in [0.1, 0.15) is 19.8 Å². The molecule has 1 fully saturated rings. The van der Waals surface area contributed by atoms with Crippen molar-refractivity contribution in [3.63, 3.8) is 0 Å². The number of nitrogens with one attached hydrogen (secondary N) is 1. The lowest BCUT2D eigenvalue weighted by molar-refractivity contribution is 0.425. The largest absolute Gasteiger partial charge is 0.370 e. The Morgan fingerprint density at radius 1 is 1.28 bits per heavy atom. The molecule has 5 heteroatoms. The van der Waals surface area contributed by atoms with Gasteiger partial charge in [0.05, 0.1) is 0 Å².